The van der Waals surface area contributed by atoms with Crippen LogP contribution in [0.15, 0.2) is 15.8 Å². The van der Waals surface area contributed by atoms with Crippen LogP contribution in [0.1, 0.15) is 12.5 Å². The van der Waals surface area contributed by atoms with Gasteiger partial charge >= 0.3 is 5.69 Å². The summed E-state index contributed by atoms with van der Waals surface area (Å²) < 4.78 is 0. The first-order valence-corrected chi connectivity index (χ1v) is 5.02. The molecule has 0 aliphatic carbocycles. The maximum absolute atomic E-state index is 11.1. The van der Waals surface area contributed by atoms with E-state index in [0.29, 0.717) is 5.75 Å². The van der Waals surface area contributed by atoms with Gasteiger partial charge in [0.25, 0.3) is 5.56 Å². The van der Waals surface area contributed by atoms with Crippen molar-refractivity contribution in [2.45, 2.75) is 6.92 Å². The molecular formula is C9H8N2O3S. The Morgan fingerprint density at radius 2 is 2.27 bits per heavy atom. The number of aromatic nitrogens is 2. The number of nitrogens with one attached hydrogen (secondary N) is 2. The van der Waals surface area contributed by atoms with Gasteiger partial charge in [0.05, 0.1) is 5.75 Å². The Morgan fingerprint density at radius 3 is 2.87 bits per heavy atom. The predicted molar refractivity (Wildman–Crippen MR) is 57.7 cm³/mol. The summed E-state index contributed by atoms with van der Waals surface area (Å²) in [5.74, 6) is 5.53. The van der Waals surface area contributed by atoms with Crippen molar-refractivity contribution in [1.29, 1.82) is 0 Å². The molecule has 78 valence electrons. The molecule has 15 heavy (non-hydrogen) atoms. The molecule has 0 bridgehead atoms. The molecule has 1 aromatic rings. The Kier molecular flexibility index (Phi) is 3.94. The number of carbonyl (C=O) groups is 1. The first-order valence-electron chi connectivity index (χ1n) is 4.04. The summed E-state index contributed by atoms with van der Waals surface area (Å²) in [5.41, 5.74) is -0.915. The van der Waals surface area contributed by atoms with Crippen LogP contribution in [0.25, 0.3) is 0 Å². The SMILES string of the molecule is CC(=O)SCC#Cc1c[nH]c(=O)[nH]c1=O. The van der Waals surface area contributed by atoms with Crippen LogP contribution in [0.4, 0.5) is 0 Å². The van der Waals surface area contributed by atoms with E-state index in [9.17, 15) is 14.4 Å². The fraction of sp³-hybridized carbons (Fsp3) is 0.222. The Morgan fingerprint density at radius 1 is 1.53 bits per heavy atom. The summed E-state index contributed by atoms with van der Waals surface area (Å²) >= 11 is 1.06. The Hall–Kier alpha value is -1.74. The lowest BCUT2D eigenvalue weighted by atomic mass is 10.3. The zero-order valence-corrected chi connectivity index (χ0v) is 8.73. The first kappa shape index (κ1) is 11.3. The molecule has 0 saturated carbocycles. The minimum Gasteiger partial charge on any atom is -0.313 e. The normalized spacial score (nSPS) is 9.13. The molecule has 0 saturated heterocycles. The van der Waals surface area contributed by atoms with Crippen molar-refractivity contribution in [2.75, 3.05) is 5.75 Å². The second-order valence-corrected chi connectivity index (χ2v) is 3.72. The van der Waals surface area contributed by atoms with Gasteiger partial charge in [-0.3, -0.25) is 14.6 Å². The highest BCUT2D eigenvalue weighted by molar-refractivity contribution is 8.13. The molecule has 0 atom stereocenters. The van der Waals surface area contributed by atoms with Crippen molar-refractivity contribution < 1.29 is 4.79 Å². The van der Waals surface area contributed by atoms with Gasteiger partial charge < -0.3 is 4.98 Å². The Labute approximate surface area is 89.3 Å². The summed E-state index contributed by atoms with van der Waals surface area (Å²) in [6.45, 7) is 1.44. The molecule has 1 heterocycles. The molecule has 0 fully saturated rings. The Bertz CT molecular complexity index is 533. The summed E-state index contributed by atoms with van der Waals surface area (Å²) in [6, 6.07) is 0. The number of aromatic amines is 2. The smallest absolute Gasteiger partial charge is 0.313 e. The molecule has 0 aliphatic rings. The summed E-state index contributed by atoms with van der Waals surface area (Å²) in [4.78, 5) is 36.7. The van der Waals surface area contributed by atoms with E-state index < -0.39 is 11.2 Å². The molecule has 5 nitrogen and oxygen atoms in total. The van der Waals surface area contributed by atoms with Crippen molar-refractivity contribution >= 4 is 16.9 Å². The maximum atomic E-state index is 11.1. The van der Waals surface area contributed by atoms with Gasteiger partial charge in [-0.05, 0) is 0 Å². The van der Waals surface area contributed by atoms with E-state index in [-0.39, 0.29) is 10.7 Å². The van der Waals surface area contributed by atoms with Gasteiger partial charge in [0.1, 0.15) is 5.56 Å². The average Bonchev–Trinajstić information content (AvgIpc) is 2.14. The number of rotatable bonds is 1. The number of carbonyl (C=O) groups excluding carboxylic acids is 1. The molecular weight excluding hydrogens is 216 g/mol. The van der Waals surface area contributed by atoms with E-state index in [4.69, 9.17) is 0 Å². The van der Waals surface area contributed by atoms with Crippen molar-refractivity contribution in [3.8, 4) is 11.8 Å². The van der Waals surface area contributed by atoms with Crippen LogP contribution in [0.3, 0.4) is 0 Å². The lowest BCUT2D eigenvalue weighted by Crippen LogP contribution is -2.23. The van der Waals surface area contributed by atoms with Crippen molar-refractivity contribution in [3.05, 3.63) is 32.6 Å². The van der Waals surface area contributed by atoms with E-state index >= 15 is 0 Å². The van der Waals surface area contributed by atoms with Crippen LogP contribution in [0, 0.1) is 11.8 Å². The lowest BCUT2D eigenvalue weighted by Gasteiger charge is -1.87. The van der Waals surface area contributed by atoms with Crippen LogP contribution in [-0.2, 0) is 4.79 Å². The van der Waals surface area contributed by atoms with Gasteiger partial charge in [-0.25, -0.2) is 4.79 Å². The van der Waals surface area contributed by atoms with E-state index in [2.05, 4.69) is 16.8 Å². The van der Waals surface area contributed by atoms with Gasteiger partial charge in [0.15, 0.2) is 5.12 Å². The topological polar surface area (TPSA) is 82.8 Å². The fourth-order valence-electron chi connectivity index (χ4n) is 0.772. The van der Waals surface area contributed by atoms with Gasteiger partial charge in [-0.2, -0.15) is 0 Å². The minimum atomic E-state index is -0.566. The quantitative estimate of drug-likeness (QED) is 0.641. The molecule has 1 rings (SSSR count). The first-order chi connectivity index (χ1) is 7.09. The Balaban J connectivity index is 2.76. The standard InChI is InChI=1S/C9H8N2O3S/c1-6(12)15-4-2-3-7-5-10-9(14)11-8(7)13/h5H,4H2,1H3,(H2,10,11,13,14). The zero-order chi connectivity index (χ0) is 11.3. The zero-order valence-electron chi connectivity index (χ0n) is 7.92. The molecule has 2 N–H and O–H groups in total. The number of hydrogen-bond acceptors (Lipinski definition) is 4. The van der Waals surface area contributed by atoms with Crippen LogP contribution >= 0.6 is 11.8 Å². The molecule has 0 aromatic carbocycles. The van der Waals surface area contributed by atoms with Gasteiger partial charge in [0, 0.05) is 13.1 Å². The molecule has 1 aromatic heterocycles. The molecule has 0 spiro atoms. The van der Waals surface area contributed by atoms with Crippen molar-refractivity contribution in [3.63, 3.8) is 0 Å². The maximum Gasteiger partial charge on any atom is 0.325 e. The molecule has 0 unspecified atom stereocenters. The summed E-state index contributed by atoms with van der Waals surface area (Å²) in [6.07, 6.45) is 1.24. The van der Waals surface area contributed by atoms with E-state index in [1.54, 1.807) is 0 Å². The van der Waals surface area contributed by atoms with Crippen LogP contribution in [0.5, 0.6) is 0 Å². The second-order valence-electron chi connectivity index (χ2n) is 2.57. The lowest BCUT2D eigenvalue weighted by molar-refractivity contribution is -0.109. The second kappa shape index (κ2) is 5.22. The average molecular weight is 224 g/mol. The molecule has 6 heteroatoms. The monoisotopic (exact) mass is 224 g/mol. The summed E-state index contributed by atoms with van der Waals surface area (Å²) in [5, 5.41) is -0.0281. The molecule has 0 aliphatic heterocycles. The third kappa shape index (κ3) is 3.87. The number of thioether (sulfide) groups is 1. The molecule has 0 amide bonds. The predicted octanol–water partition coefficient (Wildman–Crippen LogP) is -0.306. The third-order valence-electron chi connectivity index (χ3n) is 1.39. The van der Waals surface area contributed by atoms with Crippen molar-refractivity contribution in [1.82, 2.24) is 9.97 Å². The van der Waals surface area contributed by atoms with E-state index in [1.807, 2.05) is 4.98 Å². The fourth-order valence-corrected chi connectivity index (χ4v) is 1.12. The van der Waals surface area contributed by atoms with Crippen LogP contribution in [-0.4, -0.2) is 20.8 Å². The van der Waals surface area contributed by atoms with Gasteiger partial charge in [0.2, 0.25) is 0 Å². The van der Waals surface area contributed by atoms with E-state index in [1.165, 1.54) is 13.1 Å². The highest BCUT2D eigenvalue weighted by Gasteiger charge is 1.94. The minimum absolute atomic E-state index is 0.0281. The highest BCUT2D eigenvalue weighted by Crippen LogP contribution is 1.97. The molecule has 0 radical (unpaired) electrons. The largest absolute Gasteiger partial charge is 0.325 e. The van der Waals surface area contributed by atoms with E-state index in [0.717, 1.165) is 11.8 Å². The third-order valence-corrected chi connectivity index (χ3v) is 2.09. The number of hydrogen-bond donors (Lipinski definition) is 2. The van der Waals surface area contributed by atoms with Crippen LogP contribution < -0.4 is 11.2 Å². The summed E-state index contributed by atoms with van der Waals surface area (Å²) in [7, 11) is 0. The van der Waals surface area contributed by atoms with Crippen LogP contribution in [0.2, 0.25) is 0 Å². The number of H-pyrrole nitrogens is 2. The van der Waals surface area contributed by atoms with Gasteiger partial charge in [-0.1, -0.05) is 23.6 Å². The van der Waals surface area contributed by atoms with Gasteiger partial charge in [-0.15, -0.1) is 0 Å². The highest BCUT2D eigenvalue weighted by atomic mass is 32.2. The van der Waals surface area contributed by atoms with Crippen molar-refractivity contribution in [2.24, 2.45) is 0 Å².